The topological polar surface area (TPSA) is 97.2 Å². The van der Waals surface area contributed by atoms with Crippen molar-refractivity contribution in [2.45, 2.75) is 38.3 Å². The number of anilines is 1. The highest BCUT2D eigenvalue weighted by molar-refractivity contribution is 7.89. The lowest BCUT2D eigenvalue weighted by atomic mass is 9.99. The lowest BCUT2D eigenvalue weighted by Crippen LogP contribution is -2.43. The molecule has 8 nitrogen and oxygen atoms in total. The molecule has 140 valence electrons. The van der Waals surface area contributed by atoms with Gasteiger partial charge in [-0.15, -0.1) is 0 Å². The van der Waals surface area contributed by atoms with Gasteiger partial charge < -0.3 is 9.88 Å². The number of aryl methyl sites for hydroxylation is 2. The smallest absolute Gasteiger partial charge is 0.262 e. The number of carbonyl (C=O) groups is 1. The Morgan fingerprint density at radius 2 is 2.19 bits per heavy atom. The van der Waals surface area contributed by atoms with Crippen molar-refractivity contribution < 1.29 is 13.2 Å². The maximum Gasteiger partial charge on any atom is 0.262 e. The molecule has 1 fully saturated rings. The number of hydrogen-bond acceptors (Lipinski definition) is 5. The summed E-state index contributed by atoms with van der Waals surface area (Å²) in [5.74, 6) is -0.132. The average Bonchev–Trinajstić information content (AvgIpc) is 3.12. The molecule has 1 N–H and O–H groups in total. The molecule has 1 aliphatic heterocycles. The van der Waals surface area contributed by atoms with Crippen LogP contribution in [-0.2, 0) is 21.4 Å². The number of imidazole rings is 1. The number of aromatic nitrogens is 3. The molecule has 0 saturated carbocycles. The largest absolute Gasteiger partial charge is 0.336 e. The molecule has 2 aromatic heterocycles. The summed E-state index contributed by atoms with van der Waals surface area (Å²) in [6, 6.07) is 3.63. The molecule has 0 aliphatic carbocycles. The molecule has 26 heavy (non-hydrogen) atoms. The quantitative estimate of drug-likeness (QED) is 0.854. The van der Waals surface area contributed by atoms with E-state index in [-0.39, 0.29) is 17.5 Å². The van der Waals surface area contributed by atoms with Gasteiger partial charge in [-0.1, -0.05) is 0 Å². The molecule has 1 atom stereocenters. The van der Waals surface area contributed by atoms with Gasteiger partial charge in [0.2, 0.25) is 5.91 Å². The molecule has 1 aliphatic rings. The van der Waals surface area contributed by atoms with Crippen LogP contribution in [0.4, 0.5) is 5.82 Å². The third-order valence-electron chi connectivity index (χ3n) is 4.50. The number of pyridine rings is 1. The zero-order valence-corrected chi connectivity index (χ0v) is 15.7. The summed E-state index contributed by atoms with van der Waals surface area (Å²) >= 11 is 0. The highest BCUT2D eigenvalue weighted by atomic mass is 32.2. The van der Waals surface area contributed by atoms with Gasteiger partial charge >= 0.3 is 0 Å². The Morgan fingerprint density at radius 3 is 2.88 bits per heavy atom. The van der Waals surface area contributed by atoms with Crippen LogP contribution in [0, 0.1) is 12.8 Å². The third-order valence-corrected chi connectivity index (χ3v) is 6.25. The molecule has 0 radical (unpaired) electrons. The fourth-order valence-electron chi connectivity index (χ4n) is 2.99. The molecule has 1 unspecified atom stereocenters. The van der Waals surface area contributed by atoms with E-state index in [0.717, 1.165) is 5.56 Å². The Balaban J connectivity index is 1.71. The van der Waals surface area contributed by atoms with Crippen LogP contribution in [0.3, 0.4) is 0 Å². The van der Waals surface area contributed by atoms with Crippen molar-refractivity contribution in [3.63, 3.8) is 0 Å². The summed E-state index contributed by atoms with van der Waals surface area (Å²) in [7, 11) is -3.69. The van der Waals surface area contributed by atoms with Gasteiger partial charge in [0.1, 0.15) is 5.82 Å². The van der Waals surface area contributed by atoms with Crippen LogP contribution in [0.1, 0.15) is 25.3 Å². The molecule has 1 amide bonds. The highest BCUT2D eigenvalue weighted by Gasteiger charge is 2.34. The zero-order valence-electron chi connectivity index (χ0n) is 14.9. The second-order valence-electron chi connectivity index (χ2n) is 6.45. The Morgan fingerprint density at radius 1 is 1.38 bits per heavy atom. The first-order valence-corrected chi connectivity index (χ1v) is 10.1. The van der Waals surface area contributed by atoms with E-state index < -0.39 is 15.9 Å². The fraction of sp³-hybridized carbons (Fsp3) is 0.471. The van der Waals surface area contributed by atoms with Crippen LogP contribution in [0.5, 0.6) is 0 Å². The predicted molar refractivity (Wildman–Crippen MR) is 97.0 cm³/mol. The van der Waals surface area contributed by atoms with Crippen molar-refractivity contribution in [1.29, 1.82) is 0 Å². The first-order valence-electron chi connectivity index (χ1n) is 8.65. The number of carbonyl (C=O) groups excluding carboxylic acids is 1. The van der Waals surface area contributed by atoms with E-state index in [4.69, 9.17) is 0 Å². The first kappa shape index (κ1) is 18.5. The molecule has 9 heteroatoms. The average molecular weight is 377 g/mol. The maximum absolute atomic E-state index is 12.8. The number of hydrogen-bond donors (Lipinski definition) is 1. The Bertz CT molecular complexity index is 893. The molecule has 2 aromatic rings. The first-order chi connectivity index (χ1) is 12.4. The van der Waals surface area contributed by atoms with Gasteiger partial charge in [-0.3, -0.25) is 4.79 Å². The SMILES string of the molecule is CCn1cnc(S(=O)(=O)N2CCCC(C(=O)Nc3cc(C)ccn3)C2)c1. The van der Waals surface area contributed by atoms with Crippen molar-refractivity contribution in [3.8, 4) is 0 Å². The summed E-state index contributed by atoms with van der Waals surface area (Å²) in [6.45, 7) is 5.03. The number of sulfonamides is 1. The van der Waals surface area contributed by atoms with E-state index in [9.17, 15) is 13.2 Å². The van der Waals surface area contributed by atoms with Crippen molar-refractivity contribution in [1.82, 2.24) is 18.8 Å². The molecular formula is C17H23N5O3S. The van der Waals surface area contributed by atoms with Gasteiger partial charge in [-0.25, -0.2) is 18.4 Å². The van der Waals surface area contributed by atoms with E-state index in [0.29, 0.717) is 31.7 Å². The van der Waals surface area contributed by atoms with E-state index in [1.807, 2.05) is 19.9 Å². The molecule has 3 rings (SSSR count). The predicted octanol–water partition coefficient (Wildman–Crippen LogP) is 1.65. The summed E-state index contributed by atoms with van der Waals surface area (Å²) in [6.07, 6.45) is 5.94. The number of rotatable bonds is 5. The Kier molecular flexibility index (Phi) is 5.38. The monoisotopic (exact) mass is 377 g/mol. The van der Waals surface area contributed by atoms with Crippen LogP contribution >= 0.6 is 0 Å². The Labute approximate surface area is 153 Å². The summed E-state index contributed by atoms with van der Waals surface area (Å²) in [4.78, 5) is 20.7. The number of piperidine rings is 1. The summed E-state index contributed by atoms with van der Waals surface area (Å²) < 4.78 is 28.7. The van der Waals surface area contributed by atoms with E-state index in [1.165, 1.54) is 16.8 Å². The molecule has 3 heterocycles. The third kappa shape index (κ3) is 3.94. The minimum Gasteiger partial charge on any atom is -0.336 e. The number of nitrogens with one attached hydrogen (secondary N) is 1. The maximum atomic E-state index is 12.8. The fourth-order valence-corrected chi connectivity index (χ4v) is 4.44. The lowest BCUT2D eigenvalue weighted by molar-refractivity contribution is -0.120. The molecule has 1 saturated heterocycles. The lowest BCUT2D eigenvalue weighted by Gasteiger charge is -2.30. The molecule has 0 spiro atoms. The van der Waals surface area contributed by atoms with Crippen molar-refractivity contribution in [2.75, 3.05) is 18.4 Å². The van der Waals surface area contributed by atoms with Crippen LogP contribution in [0.2, 0.25) is 0 Å². The van der Waals surface area contributed by atoms with Crippen LogP contribution < -0.4 is 5.32 Å². The van der Waals surface area contributed by atoms with Crippen LogP contribution in [0.15, 0.2) is 35.9 Å². The van der Waals surface area contributed by atoms with Crippen LogP contribution in [0.25, 0.3) is 0 Å². The van der Waals surface area contributed by atoms with Gasteiger partial charge in [0.25, 0.3) is 10.0 Å². The molecular weight excluding hydrogens is 354 g/mol. The second-order valence-corrected chi connectivity index (χ2v) is 8.34. The van der Waals surface area contributed by atoms with Crippen molar-refractivity contribution in [2.24, 2.45) is 5.92 Å². The van der Waals surface area contributed by atoms with Gasteiger partial charge in [0.05, 0.1) is 12.2 Å². The number of nitrogens with zero attached hydrogens (tertiary/aromatic N) is 4. The van der Waals surface area contributed by atoms with E-state index in [2.05, 4.69) is 15.3 Å². The Hall–Kier alpha value is -2.26. The second kappa shape index (κ2) is 7.55. The van der Waals surface area contributed by atoms with Crippen molar-refractivity contribution >= 4 is 21.7 Å². The highest BCUT2D eigenvalue weighted by Crippen LogP contribution is 2.24. The summed E-state index contributed by atoms with van der Waals surface area (Å²) in [5, 5.41) is 2.81. The van der Waals surface area contributed by atoms with Crippen LogP contribution in [-0.4, -0.2) is 46.3 Å². The summed E-state index contributed by atoms with van der Waals surface area (Å²) in [5.41, 5.74) is 0.995. The van der Waals surface area contributed by atoms with Gasteiger partial charge in [0.15, 0.2) is 5.03 Å². The minimum atomic E-state index is -3.69. The van der Waals surface area contributed by atoms with Gasteiger partial charge in [-0.2, -0.15) is 4.31 Å². The minimum absolute atomic E-state index is 0.0285. The van der Waals surface area contributed by atoms with Crippen molar-refractivity contribution in [3.05, 3.63) is 36.4 Å². The van der Waals surface area contributed by atoms with Gasteiger partial charge in [-0.05, 0) is 44.4 Å². The van der Waals surface area contributed by atoms with Gasteiger partial charge in [0, 0.05) is 32.0 Å². The molecule has 0 bridgehead atoms. The number of amides is 1. The molecule has 0 aromatic carbocycles. The van der Waals surface area contributed by atoms with E-state index in [1.54, 1.807) is 16.8 Å². The standard InChI is InChI=1S/C17H23N5O3S/c1-3-21-11-16(19-12-21)26(24,25)22-8-4-5-14(10-22)17(23)20-15-9-13(2)6-7-18-15/h6-7,9,11-12,14H,3-5,8,10H2,1-2H3,(H,18,20,23). The zero-order chi connectivity index (χ0) is 18.7. The van der Waals surface area contributed by atoms with E-state index >= 15 is 0 Å². The normalized spacial score (nSPS) is 18.6.